The number of benzene rings is 2. The topological polar surface area (TPSA) is 457 Å². The lowest BCUT2D eigenvalue weighted by molar-refractivity contribution is -0.138. The minimum Gasteiger partial charge on any atom is -0.508 e. The summed E-state index contributed by atoms with van der Waals surface area (Å²) in [5, 5.41) is 36.4. The van der Waals surface area contributed by atoms with Crippen LogP contribution in [0.15, 0.2) is 42.5 Å². The fraction of sp³-hybridized carbons (Fsp3) is 0.600. The number of hydrogen-bond acceptors (Lipinski definition) is 17. The lowest BCUT2D eigenvalue weighted by atomic mass is 9.96. The number of nitrogens with one attached hydrogen (secondary N) is 12. The van der Waals surface area contributed by atoms with Crippen LogP contribution < -0.4 is 86.0 Å². The first-order chi connectivity index (χ1) is 42.0. The van der Waals surface area contributed by atoms with Gasteiger partial charge in [-0.05, 0) is 124 Å². The summed E-state index contributed by atoms with van der Waals surface area (Å²) in [5.74, 6) is -11.5. The van der Waals surface area contributed by atoms with Gasteiger partial charge in [-0.3, -0.25) is 68.4 Å². The molecule has 0 aromatic heterocycles. The van der Waals surface area contributed by atoms with Gasteiger partial charge in [-0.1, -0.05) is 73.9 Å². The van der Waals surface area contributed by atoms with Crippen molar-refractivity contribution in [3.8, 4) is 11.5 Å². The van der Waals surface area contributed by atoms with Crippen LogP contribution in [0.1, 0.15) is 136 Å². The lowest BCUT2D eigenvalue weighted by Gasteiger charge is -2.30. The van der Waals surface area contributed by atoms with Gasteiger partial charge < -0.3 is 80.2 Å². The van der Waals surface area contributed by atoms with Crippen LogP contribution in [0, 0.1) is 23.7 Å². The van der Waals surface area contributed by atoms with Crippen molar-refractivity contribution in [1.29, 1.82) is 0 Å². The van der Waals surface area contributed by atoms with Crippen molar-refractivity contribution in [2.75, 3.05) is 32.1 Å². The van der Waals surface area contributed by atoms with E-state index in [1.54, 1.807) is 53.7 Å². The maximum absolute atomic E-state index is 14.2. The number of carbonyl (C=O) groups excluding carboxylic acids is 12. The summed E-state index contributed by atoms with van der Waals surface area (Å²) >= 11 is 0. The third-order valence-corrected chi connectivity index (χ3v) is 14.8. The summed E-state index contributed by atoms with van der Waals surface area (Å²) in [6.07, 6.45) is 1.70. The highest BCUT2D eigenvalue weighted by atomic mass is 16.5. The van der Waals surface area contributed by atoms with E-state index in [1.165, 1.54) is 44.4 Å². The molecule has 29 nitrogen and oxygen atoms in total. The number of phenols is 1. The molecule has 0 unspecified atom stereocenters. The molecule has 2 bridgehead atoms. The van der Waals surface area contributed by atoms with Crippen LogP contribution >= 0.6 is 0 Å². The molecule has 2 aromatic carbocycles. The Morgan fingerprint density at radius 2 is 1.10 bits per heavy atom. The standard InChI is InChI=1S/C60H95N15O14/c1-11-34(8)48-58(86)72-47(33(6)7)57(85)70-44(29-36-19-22-38(76)23-20-36)54(82)65-27-15-17-41(63)52(80)75-74-50(78)39-30-37(21-24-45(39)89-10)67-59(87)60(88)68-42(18-12-13-25-61)55(83)69-43(28-31(2)3)53(81)64-26-14-16-40(62)51(79)71-46(32(4)5)56(84)66-35(9)49(77)73-48/h19-24,30-35,40-44,46-48,76H,11-18,25-29,61-63H2,1-10H3,(H,64,81)(H,65,82)(H,66,84)(H,67,87)(H,68,88)(H,69,83)(H,70,85)(H,71,79)(H,72,86)(H,73,77)(H,74,78)(H,75,80)/t34-,35-,40-,41-,42-,43-,44-,46-,47-,48-/m0/s1. The molecule has 3 rings (SSSR count). The van der Waals surface area contributed by atoms with E-state index in [4.69, 9.17) is 21.9 Å². The Labute approximate surface area is 519 Å². The highest BCUT2D eigenvalue weighted by molar-refractivity contribution is 6.40. The maximum atomic E-state index is 14.2. The van der Waals surface area contributed by atoms with Gasteiger partial charge in [0.05, 0.1) is 24.8 Å². The van der Waals surface area contributed by atoms with Gasteiger partial charge in [-0.15, -0.1) is 0 Å². The van der Waals surface area contributed by atoms with E-state index < -0.39 is 143 Å². The number of carbonyl (C=O) groups is 12. The van der Waals surface area contributed by atoms with Crippen molar-refractivity contribution >= 4 is 76.6 Å². The van der Waals surface area contributed by atoms with Crippen LogP contribution in [-0.4, -0.2) is 157 Å². The normalized spacial score (nSPS) is 24.5. The Morgan fingerprint density at radius 1 is 0.562 bits per heavy atom. The van der Waals surface area contributed by atoms with E-state index in [-0.39, 0.29) is 93.2 Å². The number of methoxy groups -OCH3 is 1. The molecule has 0 saturated carbocycles. The number of rotatable bonds is 13. The highest BCUT2D eigenvalue weighted by Gasteiger charge is 2.36. The number of nitrogens with two attached hydrogens (primary N) is 3. The van der Waals surface area contributed by atoms with Crippen molar-refractivity contribution in [3.05, 3.63) is 53.6 Å². The predicted molar refractivity (Wildman–Crippen MR) is 330 cm³/mol. The third-order valence-electron chi connectivity index (χ3n) is 14.8. The molecule has 0 spiro atoms. The first-order valence-corrected chi connectivity index (χ1v) is 30.3. The molecule has 1 heterocycles. The average molecular weight is 1250 g/mol. The summed E-state index contributed by atoms with van der Waals surface area (Å²) < 4.78 is 5.33. The molecule has 10 atom stereocenters. The van der Waals surface area contributed by atoms with Crippen LogP contribution in [0.2, 0.25) is 0 Å². The Morgan fingerprint density at radius 3 is 1.66 bits per heavy atom. The van der Waals surface area contributed by atoms with Crippen LogP contribution in [-0.2, 0) is 59.2 Å². The molecule has 0 saturated heterocycles. The molecule has 89 heavy (non-hydrogen) atoms. The summed E-state index contributed by atoms with van der Waals surface area (Å²) in [5.41, 5.74) is 22.9. The van der Waals surface area contributed by atoms with Crippen molar-refractivity contribution in [2.45, 2.75) is 181 Å². The zero-order valence-corrected chi connectivity index (χ0v) is 52.7. The third kappa shape index (κ3) is 24.9. The number of unbranched alkanes of at least 4 members (excludes halogenated alkanes) is 1. The fourth-order valence-electron chi connectivity index (χ4n) is 9.23. The van der Waals surface area contributed by atoms with E-state index in [9.17, 15) is 62.6 Å². The zero-order valence-electron chi connectivity index (χ0n) is 52.7. The van der Waals surface area contributed by atoms with Gasteiger partial charge in [0.15, 0.2) is 0 Å². The van der Waals surface area contributed by atoms with Gasteiger partial charge >= 0.3 is 11.8 Å². The summed E-state index contributed by atoms with van der Waals surface area (Å²) in [6, 6.07) is -1.13. The van der Waals surface area contributed by atoms with E-state index in [0.717, 1.165) is 0 Å². The number of amides is 12. The molecular weight excluding hydrogens is 1150 g/mol. The van der Waals surface area contributed by atoms with Gasteiger partial charge in [0.25, 0.3) is 11.8 Å². The maximum Gasteiger partial charge on any atom is 0.313 e. The fourth-order valence-corrected chi connectivity index (χ4v) is 9.23. The van der Waals surface area contributed by atoms with Gasteiger partial charge in [0.1, 0.15) is 53.8 Å². The number of anilines is 1. The van der Waals surface area contributed by atoms with E-state index in [0.29, 0.717) is 24.8 Å². The Balaban J connectivity index is 1.97. The first-order valence-electron chi connectivity index (χ1n) is 30.3. The number of hydrogen-bond donors (Lipinski definition) is 16. The molecule has 29 heteroatoms. The van der Waals surface area contributed by atoms with Gasteiger partial charge in [0, 0.05) is 25.2 Å². The SMILES string of the molecule is CC[C@H](C)[C@@H]1NC(=O)[C@H](C)NC(=O)[C@H](C(C)C)NC(=O)[C@@H](N)CCCNC(=O)[C@H](CC(C)C)NC(=O)[C@H](CCCCN)NC(=O)C(=O)Nc2ccc(OC)c(c2)C(=O)NNC(=O)[C@@H](N)CCCNC(=O)[C@H](Cc2ccc(O)cc2)NC(=O)[C@H](C(C)C)NC1=O. The van der Waals surface area contributed by atoms with E-state index >= 15 is 0 Å². The van der Waals surface area contributed by atoms with Crippen LogP contribution in [0.4, 0.5) is 5.69 Å². The van der Waals surface area contributed by atoms with Crippen molar-refractivity contribution in [3.63, 3.8) is 0 Å². The lowest BCUT2D eigenvalue weighted by Crippen LogP contribution is -2.61. The molecule has 0 aliphatic carbocycles. The second-order valence-electron chi connectivity index (χ2n) is 23.4. The van der Waals surface area contributed by atoms with Crippen LogP contribution in [0.5, 0.6) is 11.5 Å². The molecule has 1 aliphatic rings. The largest absolute Gasteiger partial charge is 0.508 e. The number of fused-ring (bicyclic) bond motifs is 2. The van der Waals surface area contributed by atoms with Crippen molar-refractivity contribution in [2.24, 2.45) is 40.9 Å². The minimum atomic E-state index is -1.31. The first kappa shape index (κ1) is 74.8. The average Bonchev–Trinajstić information content (AvgIpc) is 2.36. The smallest absolute Gasteiger partial charge is 0.313 e. The number of phenolic OH excluding ortho intramolecular Hbond substituents is 1. The van der Waals surface area contributed by atoms with E-state index in [1.807, 2.05) is 13.8 Å². The van der Waals surface area contributed by atoms with Crippen molar-refractivity contribution < 1.29 is 67.4 Å². The highest BCUT2D eigenvalue weighted by Crippen LogP contribution is 2.23. The van der Waals surface area contributed by atoms with Crippen molar-refractivity contribution in [1.82, 2.24) is 58.7 Å². The number of hydrazine groups is 1. The monoisotopic (exact) mass is 1250 g/mol. The summed E-state index contributed by atoms with van der Waals surface area (Å²) in [4.78, 5) is 164. The molecule has 0 radical (unpaired) electrons. The minimum absolute atomic E-state index is 0.00386. The number of ether oxygens (including phenoxy) is 1. The second kappa shape index (κ2) is 37.4. The molecule has 1 aliphatic heterocycles. The molecule has 19 N–H and O–H groups in total. The van der Waals surface area contributed by atoms with Crippen LogP contribution in [0.3, 0.4) is 0 Å². The molecule has 494 valence electrons. The molecular formula is C60H95N15O14. The van der Waals surface area contributed by atoms with Gasteiger partial charge in [-0.25, -0.2) is 0 Å². The van der Waals surface area contributed by atoms with Gasteiger partial charge in [0.2, 0.25) is 47.3 Å². The Bertz CT molecular complexity index is 2760. The predicted octanol–water partition coefficient (Wildman–Crippen LogP) is -1.25. The molecule has 0 fully saturated rings. The summed E-state index contributed by atoms with van der Waals surface area (Å²) in [7, 11) is 1.27. The van der Waals surface area contributed by atoms with Gasteiger partial charge in [-0.2, -0.15) is 0 Å². The van der Waals surface area contributed by atoms with E-state index in [2.05, 4.69) is 64.0 Å². The Hall–Kier alpha value is -8.44. The van der Waals surface area contributed by atoms with Crippen LogP contribution in [0.25, 0.3) is 0 Å². The molecule has 2 aromatic rings. The molecule has 12 amide bonds. The second-order valence-corrected chi connectivity index (χ2v) is 23.4. The quantitative estimate of drug-likeness (QED) is 0.0823. The number of aromatic hydroxyl groups is 1. The zero-order chi connectivity index (χ0) is 66.7. The Kier molecular flexibility index (Phi) is 31.4. The summed E-state index contributed by atoms with van der Waals surface area (Å²) in [6.45, 7) is 15.5.